The fourth-order valence-corrected chi connectivity index (χ4v) is 3.38. The Balaban J connectivity index is 0.00000300. The molecule has 0 bridgehead atoms. The topological polar surface area (TPSA) is 65.2 Å². The summed E-state index contributed by atoms with van der Waals surface area (Å²) in [5, 5.41) is 20.1. The van der Waals surface area contributed by atoms with Gasteiger partial charge in [-0.05, 0) is 61.0 Å². The van der Waals surface area contributed by atoms with Crippen LogP contribution in [0.4, 0.5) is 11.4 Å². The Morgan fingerprint density at radius 2 is 1.10 bits per heavy atom. The van der Waals surface area contributed by atoms with Crippen LogP contribution in [0.25, 0.3) is 0 Å². The zero-order valence-electron chi connectivity index (χ0n) is 15.8. The van der Waals surface area contributed by atoms with Crippen LogP contribution in [0.5, 0.6) is 11.5 Å². The first-order chi connectivity index (χ1) is 13.6. The summed E-state index contributed by atoms with van der Waals surface area (Å²) in [6.45, 7) is 0. The molecule has 0 aliphatic rings. The van der Waals surface area contributed by atoms with Crippen LogP contribution in [0.1, 0.15) is 11.1 Å². The van der Waals surface area contributed by atoms with Crippen LogP contribution >= 0.6 is 23.5 Å². The normalized spacial score (nSPS) is 11.1. The predicted octanol–water partition coefficient (Wildman–Crippen LogP) is 6.04. The second-order valence-electron chi connectivity index (χ2n) is 5.85. The van der Waals surface area contributed by atoms with Crippen molar-refractivity contribution >= 4 is 47.3 Å². The average Bonchev–Trinajstić information content (AvgIpc) is 2.73. The SMILES string of the molecule is CSc1ccc(O)c(C=Nc2ccccc2N=Cc2cc(SC)ccc2O)c1.[Pt]. The van der Waals surface area contributed by atoms with Crippen molar-refractivity contribution in [3.05, 3.63) is 71.8 Å². The van der Waals surface area contributed by atoms with Crippen LogP contribution < -0.4 is 0 Å². The largest absolute Gasteiger partial charge is 0.507 e. The summed E-state index contributed by atoms with van der Waals surface area (Å²) in [6.07, 6.45) is 7.24. The fourth-order valence-electron chi connectivity index (χ4n) is 2.49. The minimum Gasteiger partial charge on any atom is -0.507 e. The summed E-state index contributed by atoms with van der Waals surface area (Å²) >= 11 is 3.21. The Bertz CT molecular complexity index is 957. The maximum absolute atomic E-state index is 10.0. The number of phenols is 2. The van der Waals surface area contributed by atoms with Crippen molar-refractivity contribution in [3.63, 3.8) is 0 Å². The van der Waals surface area contributed by atoms with Gasteiger partial charge in [-0.25, -0.2) is 0 Å². The fraction of sp³-hybridized carbons (Fsp3) is 0.0909. The van der Waals surface area contributed by atoms with E-state index in [1.165, 1.54) is 0 Å². The zero-order chi connectivity index (χ0) is 19.9. The summed E-state index contributed by atoms with van der Waals surface area (Å²) in [5.41, 5.74) is 2.65. The molecule has 0 aromatic heterocycles. The van der Waals surface area contributed by atoms with Gasteiger partial charge in [0.05, 0.1) is 11.4 Å². The molecule has 152 valence electrons. The maximum Gasteiger partial charge on any atom is 0.124 e. The Morgan fingerprint density at radius 1 is 0.690 bits per heavy atom. The van der Waals surface area contributed by atoms with Crippen LogP contribution in [0, 0.1) is 0 Å². The van der Waals surface area contributed by atoms with Gasteiger partial charge in [0.15, 0.2) is 0 Å². The van der Waals surface area contributed by atoms with Gasteiger partial charge in [0.25, 0.3) is 0 Å². The van der Waals surface area contributed by atoms with Crippen LogP contribution in [-0.2, 0) is 21.1 Å². The molecule has 0 aliphatic heterocycles. The molecule has 29 heavy (non-hydrogen) atoms. The van der Waals surface area contributed by atoms with Crippen LogP contribution in [0.3, 0.4) is 0 Å². The molecule has 0 unspecified atom stereocenters. The molecule has 0 saturated carbocycles. The third kappa shape index (κ3) is 6.23. The van der Waals surface area contributed by atoms with E-state index in [1.807, 2.05) is 61.0 Å². The first-order valence-corrected chi connectivity index (χ1v) is 11.0. The Kier molecular flexibility index (Phi) is 9.02. The number of nitrogens with zero attached hydrogens (tertiary/aromatic N) is 2. The Morgan fingerprint density at radius 3 is 1.48 bits per heavy atom. The van der Waals surface area contributed by atoms with Crippen molar-refractivity contribution in [2.24, 2.45) is 9.98 Å². The minimum absolute atomic E-state index is 0. The molecule has 0 amide bonds. The van der Waals surface area contributed by atoms with E-state index in [0.717, 1.165) is 9.79 Å². The first-order valence-electron chi connectivity index (χ1n) is 8.52. The smallest absolute Gasteiger partial charge is 0.124 e. The monoisotopic (exact) mass is 603 g/mol. The van der Waals surface area contributed by atoms with Gasteiger partial charge in [-0.2, -0.15) is 0 Å². The van der Waals surface area contributed by atoms with Gasteiger partial charge in [0.2, 0.25) is 0 Å². The number of aromatic hydroxyl groups is 2. The number of para-hydroxylation sites is 2. The number of aliphatic imine (C=N–C) groups is 2. The third-order valence-corrected chi connectivity index (χ3v) is 5.49. The van der Waals surface area contributed by atoms with E-state index in [4.69, 9.17) is 0 Å². The second kappa shape index (κ2) is 11.2. The molecular weight excluding hydrogens is 583 g/mol. The molecule has 0 fully saturated rings. The number of rotatable bonds is 6. The van der Waals surface area contributed by atoms with E-state index in [0.29, 0.717) is 22.5 Å². The van der Waals surface area contributed by atoms with Crippen LogP contribution in [0.15, 0.2) is 80.4 Å². The molecule has 0 atom stereocenters. The van der Waals surface area contributed by atoms with Gasteiger partial charge in [0, 0.05) is 54.4 Å². The van der Waals surface area contributed by atoms with E-state index in [-0.39, 0.29) is 32.6 Å². The summed E-state index contributed by atoms with van der Waals surface area (Å²) < 4.78 is 0. The molecule has 0 radical (unpaired) electrons. The van der Waals surface area contributed by atoms with Crippen molar-refractivity contribution in [3.8, 4) is 11.5 Å². The molecule has 0 saturated heterocycles. The quantitative estimate of drug-likeness (QED) is 0.267. The number of hydrogen-bond donors (Lipinski definition) is 2. The summed E-state index contributed by atoms with van der Waals surface area (Å²) in [7, 11) is 0. The van der Waals surface area contributed by atoms with Gasteiger partial charge < -0.3 is 10.2 Å². The molecule has 3 aromatic rings. The van der Waals surface area contributed by atoms with Gasteiger partial charge in [-0.1, -0.05) is 12.1 Å². The summed E-state index contributed by atoms with van der Waals surface area (Å²) in [5.74, 6) is 0.364. The number of thioether (sulfide) groups is 2. The van der Waals surface area contributed by atoms with Crippen molar-refractivity contribution in [2.75, 3.05) is 12.5 Å². The maximum atomic E-state index is 10.0. The first kappa shape index (κ1) is 23.3. The Hall–Kier alpha value is -2.01. The van der Waals surface area contributed by atoms with Crippen molar-refractivity contribution in [2.45, 2.75) is 9.79 Å². The molecule has 0 heterocycles. The molecule has 4 nitrogen and oxygen atoms in total. The molecule has 0 spiro atoms. The molecular formula is C22H20N2O2PtS2. The number of phenolic OH excluding ortho intramolecular Hbond substituents is 2. The minimum atomic E-state index is 0. The average molecular weight is 604 g/mol. The van der Waals surface area contributed by atoms with Gasteiger partial charge in [-0.15, -0.1) is 23.5 Å². The van der Waals surface area contributed by atoms with E-state index in [1.54, 1.807) is 48.1 Å². The van der Waals surface area contributed by atoms with Crippen LogP contribution in [-0.4, -0.2) is 35.2 Å². The van der Waals surface area contributed by atoms with E-state index in [9.17, 15) is 10.2 Å². The van der Waals surface area contributed by atoms with E-state index >= 15 is 0 Å². The zero-order valence-corrected chi connectivity index (χ0v) is 19.8. The van der Waals surface area contributed by atoms with Gasteiger partial charge in [0.1, 0.15) is 11.5 Å². The summed E-state index contributed by atoms with van der Waals surface area (Å²) in [4.78, 5) is 11.1. The molecule has 2 N–H and O–H groups in total. The standard InChI is InChI=1S/C22H20N2O2S2.Pt/c1-27-17-7-9-21(25)15(11-17)13-23-19-5-3-4-6-20(19)24-14-16-12-18(28-2)8-10-22(16)26;/h3-14,25-26H,1-2H3;. The summed E-state index contributed by atoms with van der Waals surface area (Å²) in [6, 6.07) is 18.3. The molecule has 3 rings (SSSR count). The van der Waals surface area contributed by atoms with E-state index in [2.05, 4.69) is 9.98 Å². The van der Waals surface area contributed by atoms with Crippen molar-refractivity contribution < 1.29 is 31.3 Å². The third-order valence-electron chi connectivity index (χ3n) is 4.04. The Labute approximate surface area is 193 Å². The second-order valence-corrected chi connectivity index (χ2v) is 7.61. The van der Waals surface area contributed by atoms with Gasteiger partial charge in [-0.3, -0.25) is 9.98 Å². The van der Waals surface area contributed by atoms with E-state index < -0.39 is 0 Å². The van der Waals surface area contributed by atoms with Crippen LogP contribution in [0.2, 0.25) is 0 Å². The van der Waals surface area contributed by atoms with Crippen molar-refractivity contribution in [1.82, 2.24) is 0 Å². The van der Waals surface area contributed by atoms with Gasteiger partial charge >= 0.3 is 0 Å². The van der Waals surface area contributed by atoms with Crippen molar-refractivity contribution in [1.29, 1.82) is 0 Å². The molecule has 0 aliphatic carbocycles. The molecule has 7 heteroatoms. The predicted molar refractivity (Wildman–Crippen MR) is 121 cm³/mol. The number of hydrogen-bond acceptors (Lipinski definition) is 6. The molecule has 3 aromatic carbocycles. The number of benzene rings is 3.